The Morgan fingerprint density at radius 3 is 3.14 bits per heavy atom. The number of fused-ring (bicyclic) bond motifs is 1. The van der Waals surface area contributed by atoms with E-state index in [1.807, 2.05) is 6.07 Å². The Bertz CT molecular complexity index is 648. The number of hydrogen-bond donors (Lipinski definition) is 1. The second-order valence-electron chi connectivity index (χ2n) is 4.71. The number of ether oxygens (including phenoxy) is 3. The maximum absolute atomic E-state index is 11.9. The number of carbonyl (C=O) groups excluding carboxylic acids is 1. The molecule has 0 unspecified atom stereocenters. The smallest absolute Gasteiger partial charge is 0.264 e. The molecule has 3 rings (SSSR count). The number of benzene rings is 1. The van der Waals surface area contributed by atoms with E-state index < -0.39 is 0 Å². The molecule has 0 radical (unpaired) electrons. The molecule has 2 aromatic rings. The van der Waals surface area contributed by atoms with Crippen molar-refractivity contribution in [3.63, 3.8) is 0 Å². The van der Waals surface area contributed by atoms with E-state index in [1.54, 1.807) is 25.3 Å². The third kappa shape index (κ3) is 3.55. The van der Waals surface area contributed by atoms with Crippen LogP contribution in [-0.2, 0) is 22.6 Å². The number of rotatable bonds is 5. The summed E-state index contributed by atoms with van der Waals surface area (Å²) in [5, 5.41) is 3.35. The summed E-state index contributed by atoms with van der Waals surface area (Å²) < 4.78 is 15.9. The molecule has 0 saturated heterocycles. The molecule has 0 aliphatic carbocycles. The number of nitrogens with one attached hydrogen (secondary N) is 1. The van der Waals surface area contributed by atoms with Crippen LogP contribution in [0, 0.1) is 0 Å². The lowest BCUT2D eigenvalue weighted by Crippen LogP contribution is -2.20. The summed E-state index contributed by atoms with van der Waals surface area (Å²) >= 11 is 1.45. The van der Waals surface area contributed by atoms with Crippen LogP contribution in [-0.4, -0.2) is 31.2 Å². The van der Waals surface area contributed by atoms with Gasteiger partial charge in [0.05, 0.1) is 30.9 Å². The number of nitrogens with zero attached hydrogens (tertiary/aromatic N) is 1. The molecule has 2 heterocycles. The molecule has 0 saturated carbocycles. The fraction of sp³-hybridized carbons (Fsp3) is 0.333. The van der Waals surface area contributed by atoms with E-state index in [0.29, 0.717) is 29.8 Å². The van der Waals surface area contributed by atoms with Gasteiger partial charge in [0.2, 0.25) is 0 Å². The highest BCUT2D eigenvalue weighted by atomic mass is 32.1. The Morgan fingerprint density at radius 1 is 1.45 bits per heavy atom. The quantitative estimate of drug-likeness (QED) is 0.915. The van der Waals surface area contributed by atoms with Crippen LogP contribution in [0.2, 0.25) is 0 Å². The Kier molecular flexibility index (Phi) is 4.55. The molecule has 1 aromatic carbocycles. The minimum Gasteiger partial charge on any atom is -0.497 e. The van der Waals surface area contributed by atoms with Gasteiger partial charge in [0, 0.05) is 12.5 Å². The summed E-state index contributed by atoms with van der Waals surface area (Å²) in [6.07, 6.45) is 0.794. The van der Waals surface area contributed by atoms with E-state index >= 15 is 0 Å². The SMILES string of the molecule is COc1cccc(OCC(=O)Nc2nc3c(s2)COCC3)c1. The van der Waals surface area contributed by atoms with Crippen molar-refractivity contribution >= 4 is 22.4 Å². The Hall–Kier alpha value is -2.12. The number of thiazole rings is 1. The molecule has 7 heteroatoms. The number of carbonyl (C=O) groups is 1. The molecule has 0 fully saturated rings. The molecule has 1 aliphatic rings. The lowest BCUT2D eigenvalue weighted by atomic mass is 10.2. The number of methoxy groups -OCH3 is 1. The minimum absolute atomic E-state index is 0.0755. The zero-order chi connectivity index (χ0) is 15.4. The van der Waals surface area contributed by atoms with Crippen LogP contribution in [0.5, 0.6) is 11.5 Å². The van der Waals surface area contributed by atoms with Gasteiger partial charge in [-0.05, 0) is 12.1 Å². The molecular weight excluding hydrogens is 304 g/mol. The molecule has 0 bridgehead atoms. The van der Waals surface area contributed by atoms with Gasteiger partial charge in [-0.25, -0.2) is 4.98 Å². The summed E-state index contributed by atoms with van der Waals surface area (Å²) in [7, 11) is 1.58. The molecule has 0 spiro atoms. The summed E-state index contributed by atoms with van der Waals surface area (Å²) in [4.78, 5) is 17.4. The van der Waals surface area contributed by atoms with Gasteiger partial charge in [-0.1, -0.05) is 17.4 Å². The van der Waals surface area contributed by atoms with Gasteiger partial charge in [0.1, 0.15) is 11.5 Å². The first-order chi connectivity index (χ1) is 10.7. The molecule has 22 heavy (non-hydrogen) atoms. The lowest BCUT2D eigenvalue weighted by molar-refractivity contribution is -0.118. The molecule has 1 aromatic heterocycles. The van der Waals surface area contributed by atoms with Crippen molar-refractivity contribution in [2.24, 2.45) is 0 Å². The highest BCUT2D eigenvalue weighted by Crippen LogP contribution is 2.27. The summed E-state index contributed by atoms with van der Waals surface area (Å²) in [6.45, 7) is 1.18. The van der Waals surface area contributed by atoms with Gasteiger partial charge >= 0.3 is 0 Å². The molecule has 116 valence electrons. The monoisotopic (exact) mass is 320 g/mol. The first kappa shape index (κ1) is 14.8. The summed E-state index contributed by atoms with van der Waals surface area (Å²) in [6, 6.07) is 7.12. The van der Waals surface area contributed by atoms with Crippen molar-refractivity contribution in [3.05, 3.63) is 34.8 Å². The first-order valence-corrected chi connectivity index (χ1v) is 7.69. The van der Waals surface area contributed by atoms with E-state index in [2.05, 4.69) is 10.3 Å². The predicted molar refractivity (Wildman–Crippen MR) is 82.6 cm³/mol. The molecule has 6 nitrogen and oxygen atoms in total. The number of aromatic nitrogens is 1. The van der Waals surface area contributed by atoms with Crippen LogP contribution in [0.3, 0.4) is 0 Å². The van der Waals surface area contributed by atoms with Gasteiger partial charge in [-0.3, -0.25) is 10.1 Å². The number of hydrogen-bond acceptors (Lipinski definition) is 6. The van der Waals surface area contributed by atoms with Gasteiger partial charge in [0.15, 0.2) is 11.7 Å². The van der Waals surface area contributed by atoms with Gasteiger partial charge in [-0.15, -0.1) is 0 Å². The maximum atomic E-state index is 11.9. The third-order valence-electron chi connectivity index (χ3n) is 3.15. The van der Waals surface area contributed by atoms with Crippen molar-refractivity contribution in [2.75, 3.05) is 25.6 Å². The average molecular weight is 320 g/mol. The van der Waals surface area contributed by atoms with Crippen molar-refractivity contribution in [1.29, 1.82) is 0 Å². The summed E-state index contributed by atoms with van der Waals surface area (Å²) in [5.41, 5.74) is 1.01. The van der Waals surface area contributed by atoms with Gasteiger partial charge in [0.25, 0.3) is 5.91 Å². The molecule has 1 amide bonds. The Balaban J connectivity index is 1.55. The Labute approximate surface area is 132 Å². The van der Waals surface area contributed by atoms with E-state index in [4.69, 9.17) is 14.2 Å². The largest absolute Gasteiger partial charge is 0.497 e. The van der Waals surface area contributed by atoms with Crippen molar-refractivity contribution < 1.29 is 19.0 Å². The third-order valence-corrected chi connectivity index (χ3v) is 4.14. The standard InChI is InChI=1S/C15H16N2O4S/c1-19-10-3-2-4-11(7-10)21-9-14(18)17-15-16-12-5-6-20-8-13(12)22-15/h2-4,7H,5-6,8-9H2,1H3,(H,16,17,18). The van der Waals surface area contributed by atoms with E-state index in [0.717, 1.165) is 17.0 Å². The maximum Gasteiger partial charge on any atom is 0.264 e. The van der Waals surface area contributed by atoms with E-state index in [-0.39, 0.29) is 12.5 Å². The average Bonchev–Trinajstić information content (AvgIpc) is 2.95. The fourth-order valence-corrected chi connectivity index (χ4v) is 3.04. The zero-order valence-corrected chi connectivity index (χ0v) is 12.9. The molecule has 0 atom stereocenters. The zero-order valence-electron chi connectivity index (χ0n) is 12.1. The van der Waals surface area contributed by atoms with Crippen LogP contribution in [0.1, 0.15) is 10.6 Å². The topological polar surface area (TPSA) is 69.7 Å². The van der Waals surface area contributed by atoms with Crippen molar-refractivity contribution in [1.82, 2.24) is 4.98 Å². The predicted octanol–water partition coefficient (Wildman–Crippen LogP) is 2.24. The Morgan fingerprint density at radius 2 is 2.32 bits per heavy atom. The van der Waals surface area contributed by atoms with Crippen LogP contribution in [0.15, 0.2) is 24.3 Å². The second kappa shape index (κ2) is 6.76. The molecular formula is C15H16N2O4S. The van der Waals surface area contributed by atoms with Crippen molar-refractivity contribution in [2.45, 2.75) is 13.0 Å². The highest BCUT2D eigenvalue weighted by molar-refractivity contribution is 7.15. The van der Waals surface area contributed by atoms with Crippen LogP contribution in [0.4, 0.5) is 5.13 Å². The fourth-order valence-electron chi connectivity index (χ4n) is 2.07. The lowest BCUT2D eigenvalue weighted by Gasteiger charge is -2.08. The number of amides is 1. The van der Waals surface area contributed by atoms with E-state index in [9.17, 15) is 4.79 Å². The van der Waals surface area contributed by atoms with Crippen LogP contribution in [0.25, 0.3) is 0 Å². The summed E-state index contributed by atoms with van der Waals surface area (Å²) in [5.74, 6) is 1.03. The molecule has 1 N–H and O–H groups in total. The van der Waals surface area contributed by atoms with E-state index in [1.165, 1.54) is 11.3 Å². The van der Waals surface area contributed by atoms with Gasteiger partial charge in [-0.2, -0.15) is 0 Å². The second-order valence-corrected chi connectivity index (χ2v) is 5.79. The van der Waals surface area contributed by atoms with Crippen LogP contribution < -0.4 is 14.8 Å². The first-order valence-electron chi connectivity index (χ1n) is 6.87. The normalized spacial score (nSPS) is 13.3. The van der Waals surface area contributed by atoms with Crippen molar-refractivity contribution in [3.8, 4) is 11.5 Å². The number of anilines is 1. The van der Waals surface area contributed by atoms with Gasteiger partial charge < -0.3 is 14.2 Å². The van der Waals surface area contributed by atoms with Crippen LogP contribution >= 0.6 is 11.3 Å². The minimum atomic E-state index is -0.241. The molecule has 1 aliphatic heterocycles. The highest BCUT2D eigenvalue weighted by Gasteiger charge is 2.16.